The maximum absolute atomic E-state index is 12.5. The number of urea groups is 1. The molecule has 0 spiro atoms. The van der Waals surface area contributed by atoms with E-state index in [-0.39, 0.29) is 24.6 Å². The standard InChI is InChI=1S/C16H35N5O5SSi/c1-11(2)13(17)15(23)20-12(7-6-8-19-16(18)24)14(22)21-27(25,26)9-10-28(3,4)5/h11-13H,6-10,17H2,1-5H3,(H,20,23)(H,21,22)(H3,18,19,24)/t12-,13-/m0/s1. The highest BCUT2D eigenvalue weighted by atomic mass is 32.2. The molecule has 0 radical (unpaired) electrons. The number of rotatable bonds is 12. The second-order valence-corrected chi connectivity index (χ2v) is 15.8. The van der Waals surface area contributed by atoms with Crippen LogP contribution in [-0.4, -0.2) is 58.7 Å². The van der Waals surface area contributed by atoms with Crippen molar-refractivity contribution in [1.29, 1.82) is 0 Å². The normalized spacial score (nSPS) is 14.2. The molecule has 0 aromatic heterocycles. The lowest BCUT2D eigenvalue weighted by Gasteiger charge is -2.22. The lowest BCUT2D eigenvalue weighted by Crippen LogP contribution is -2.54. The molecule has 7 N–H and O–H groups in total. The molecule has 0 saturated heterocycles. The molecular weight excluding hydrogens is 402 g/mol. The largest absolute Gasteiger partial charge is 0.352 e. The fraction of sp³-hybridized carbons (Fsp3) is 0.812. The van der Waals surface area contributed by atoms with Crippen LogP contribution in [0.1, 0.15) is 26.7 Å². The van der Waals surface area contributed by atoms with Gasteiger partial charge in [0.05, 0.1) is 11.8 Å². The number of carbonyl (C=O) groups is 3. The van der Waals surface area contributed by atoms with Gasteiger partial charge in [0, 0.05) is 14.6 Å². The number of hydrogen-bond donors (Lipinski definition) is 5. The molecule has 0 aliphatic heterocycles. The zero-order valence-electron chi connectivity index (χ0n) is 17.4. The number of nitrogens with one attached hydrogen (secondary N) is 3. The van der Waals surface area contributed by atoms with Crippen LogP contribution in [-0.2, 0) is 19.6 Å². The van der Waals surface area contributed by atoms with E-state index in [0.717, 1.165) is 0 Å². The second kappa shape index (κ2) is 11.4. The lowest BCUT2D eigenvalue weighted by molar-refractivity contribution is -0.129. The maximum atomic E-state index is 12.5. The van der Waals surface area contributed by atoms with Crippen LogP contribution in [0.3, 0.4) is 0 Å². The quantitative estimate of drug-likeness (QED) is 0.207. The molecule has 0 aromatic rings. The van der Waals surface area contributed by atoms with Gasteiger partial charge in [-0.25, -0.2) is 13.2 Å². The number of carbonyl (C=O) groups excluding carboxylic acids is 3. The van der Waals surface area contributed by atoms with Gasteiger partial charge in [-0.3, -0.25) is 14.3 Å². The molecule has 0 aromatic carbocycles. The van der Waals surface area contributed by atoms with Crippen molar-refractivity contribution in [3.63, 3.8) is 0 Å². The van der Waals surface area contributed by atoms with Crippen molar-refractivity contribution in [3.8, 4) is 0 Å². The molecule has 0 bridgehead atoms. The van der Waals surface area contributed by atoms with E-state index < -0.39 is 48.0 Å². The molecule has 0 heterocycles. The van der Waals surface area contributed by atoms with Crippen LogP contribution in [0.5, 0.6) is 0 Å². The third-order valence-electron chi connectivity index (χ3n) is 4.00. The average Bonchev–Trinajstić information content (AvgIpc) is 2.53. The van der Waals surface area contributed by atoms with Gasteiger partial charge in [-0.1, -0.05) is 33.5 Å². The number of nitrogens with two attached hydrogens (primary N) is 2. The lowest BCUT2D eigenvalue weighted by atomic mass is 10.0. The molecule has 4 amide bonds. The zero-order valence-corrected chi connectivity index (χ0v) is 19.2. The van der Waals surface area contributed by atoms with Crippen molar-refractivity contribution < 1.29 is 22.8 Å². The van der Waals surface area contributed by atoms with Crippen molar-refractivity contribution in [2.24, 2.45) is 17.4 Å². The predicted octanol–water partition coefficient (Wildman–Crippen LogP) is -0.313. The summed E-state index contributed by atoms with van der Waals surface area (Å²) < 4.78 is 26.5. The van der Waals surface area contributed by atoms with Crippen LogP contribution >= 0.6 is 0 Å². The van der Waals surface area contributed by atoms with Crippen LogP contribution < -0.4 is 26.8 Å². The Hall–Kier alpha value is -1.66. The summed E-state index contributed by atoms with van der Waals surface area (Å²) in [4.78, 5) is 35.4. The molecule has 0 fully saturated rings. The monoisotopic (exact) mass is 437 g/mol. The summed E-state index contributed by atoms with van der Waals surface area (Å²) >= 11 is 0. The summed E-state index contributed by atoms with van der Waals surface area (Å²) in [6.45, 7) is 9.81. The molecule has 10 nitrogen and oxygen atoms in total. The highest BCUT2D eigenvalue weighted by Gasteiger charge is 2.28. The molecule has 0 aliphatic rings. The van der Waals surface area contributed by atoms with Gasteiger partial charge in [0.25, 0.3) is 5.91 Å². The van der Waals surface area contributed by atoms with E-state index in [4.69, 9.17) is 11.5 Å². The zero-order chi connectivity index (χ0) is 22.1. The third-order valence-corrected chi connectivity index (χ3v) is 7.37. The van der Waals surface area contributed by atoms with Crippen molar-refractivity contribution in [2.75, 3.05) is 12.3 Å². The predicted molar refractivity (Wildman–Crippen MR) is 112 cm³/mol. The average molecular weight is 438 g/mol. The van der Waals surface area contributed by atoms with Gasteiger partial charge < -0.3 is 22.1 Å². The smallest absolute Gasteiger partial charge is 0.312 e. The van der Waals surface area contributed by atoms with Crippen molar-refractivity contribution in [3.05, 3.63) is 0 Å². The minimum absolute atomic E-state index is 0.117. The first-order valence-electron chi connectivity index (χ1n) is 9.28. The van der Waals surface area contributed by atoms with Crippen LogP contribution in [0.15, 0.2) is 0 Å². The number of amides is 4. The Balaban J connectivity index is 5.06. The van der Waals surface area contributed by atoms with E-state index in [9.17, 15) is 22.8 Å². The Morgan fingerprint density at radius 1 is 1.07 bits per heavy atom. The van der Waals surface area contributed by atoms with E-state index in [1.807, 2.05) is 24.4 Å². The van der Waals surface area contributed by atoms with Gasteiger partial charge in [-0.2, -0.15) is 0 Å². The van der Waals surface area contributed by atoms with Crippen molar-refractivity contribution in [2.45, 2.75) is 64.5 Å². The Morgan fingerprint density at radius 3 is 2.11 bits per heavy atom. The van der Waals surface area contributed by atoms with Gasteiger partial charge >= 0.3 is 6.03 Å². The molecule has 164 valence electrons. The van der Waals surface area contributed by atoms with E-state index in [2.05, 4.69) is 10.6 Å². The molecular formula is C16H35N5O5SSi. The van der Waals surface area contributed by atoms with Crippen LogP contribution in [0.4, 0.5) is 4.79 Å². The molecule has 12 heteroatoms. The third kappa shape index (κ3) is 11.9. The Bertz CT molecular complexity index is 648. The fourth-order valence-electron chi connectivity index (χ4n) is 2.07. The minimum atomic E-state index is -3.81. The highest BCUT2D eigenvalue weighted by Crippen LogP contribution is 2.10. The van der Waals surface area contributed by atoms with Gasteiger partial charge in [0.1, 0.15) is 6.04 Å². The first-order chi connectivity index (χ1) is 12.6. The Kier molecular flexibility index (Phi) is 10.7. The summed E-state index contributed by atoms with van der Waals surface area (Å²) in [5.41, 5.74) is 10.8. The second-order valence-electron chi connectivity index (χ2n) is 8.36. The molecule has 2 atom stereocenters. The summed E-state index contributed by atoms with van der Waals surface area (Å²) in [6, 6.07) is -2.12. The molecule has 0 unspecified atom stereocenters. The van der Waals surface area contributed by atoms with E-state index >= 15 is 0 Å². The Labute approximate surface area is 168 Å². The van der Waals surface area contributed by atoms with Crippen molar-refractivity contribution in [1.82, 2.24) is 15.4 Å². The van der Waals surface area contributed by atoms with Crippen molar-refractivity contribution >= 4 is 35.9 Å². The van der Waals surface area contributed by atoms with E-state index in [1.54, 1.807) is 13.8 Å². The number of hydrogen-bond acceptors (Lipinski definition) is 6. The van der Waals surface area contributed by atoms with E-state index in [1.165, 1.54) is 0 Å². The first kappa shape index (κ1) is 26.3. The van der Waals surface area contributed by atoms with Crippen LogP contribution in [0, 0.1) is 5.92 Å². The Morgan fingerprint density at radius 2 is 1.64 bits per heavy atom. The fourth-order valence-corrected chi connectivity index (χ4v) is 6.15. The molecule has 0 rings (SSSR count). The summed E-state index contributed by atoms with van der Waals surface area (Å²) in [5.74, 6) is -1.67. The van der Waals surface area contributed by atoms with Gasteiger partial charge in [-0.05, 0) is 24.8 Å². The summed E-state index contributed by atoms with van der Waals surface area (Å²) in [6.07, 6.45) is 0.430. The summed E-state index contributed by atoms with van der Waals surface area (Å²) in [7, 11) is -5.42. The van der Waals surface area contributed by atoms with Gasteiger partial charge in [-0.15, -0.1) is 0 Å². The highest BCUT2D eigenvalue weighted by molar-refractivity contribution is 7.90. The van der Waals surface area contributed by atoms with E-state index in [0.29, 0.717) is 12.5 Å². The first-order valence-corrected chi connectivity index (χ1v) is 14.6. The molecule has 0 saturated carbocycles. The number of sulfonamides is 1. The topological polar surface area (TPSA) is 173 Å². The minimum Gasteiger partial charge on any atom is -0.352 e. The van der Waals surface area contributed by atoms with Crippen LogP contribution in [0.25, 0.3) is 0 Å². The molecule has 28 heavy (non-hydrogen) atoms. The maximum Gasteiger partial charge on any atom is 0.312 e. The molecule has 0 aliphatic carbocycles. The summed E-state index contributed by atoms with van der Waals surface area (Å²) in [5, 5.41) is 4.88. The number of primary amides is 1. The van der Waals surface area contributed by atoms with Gasteiger partial charge in [0.2, 0.25) is 15.9 Å². The van der Waals surface area contributed by atoms with Gasteiger partial charge in [0.15, 0.2) is 0 Å². The SMILES string of the molecule is CC(C)[C@H](N)C(=O)N[C@@H](CCCNC(N)=O)C(=O)NS(=O)(=O)CC[Si](C)(C)C. The van der Waals surface area contributed by atoms with Crippen LogP contribution in [0.2, 0.25) is 25.7 Å².